The number of fused-ring (bicyclic) bond motifs is 6. The molecule has 0 spiro atoms. The van der Waals surface area contributed by atoms with Crippen LogP contribution in [-0.2, 0) is 0 Å². The van der Waals surface area contributed by atoms with Crippen LogP contribution in [0.1, 0.15) is 0 Å². The minimum atomic E-state index is 0.907. The van der Waals surface area contributed by atoms with E-state index in [9.17, 15) is 0 Å². The van der Waals surface area contributed by atoms with Crippen molar-refractivity contribution in [3.63, 3.8) is 0 Å². The molecule has 8 aromatic rings. The number of hydrogen-bond acceptors (Lipinski definition) is 1. The van der Waals surface area contributed by atoms with Gasteiger partial charge in [-0.05, 0) is 70.8 Å². The molecule has 39 heavy (non-hydrogen) atoms. The lowest BCUT2D eigenvalue weighted by Crippen LogP contribution is -1.94. The number of rotatable bonds is 3. The molecule has 0 atom stereocenters. The molecule has 0 aliphatic carbocycles. The van der Waals surface area contributed by atoms with Crippen molar-refractivity contribution in [2.75, 3.05) is 0 Å². The van der Waals surface area contributed by atoms with Crippen LogP contribution in [0.25, 0.3) is 71.7 Å². The fourth-order valence-corrected chi connectivity index (χ4v) is 6.31. The summed E-state index contributed by atoms with van der Waals surface area (Å²) in [5.41, 5.74) is 10.1. The summed E-state index contributed by atoms with van der Waals surface area (Å²) >= 11 is 3.65. The molecule has 0 aliphatic heterocycles. The Hall–Kier alpha value is -4.60. The van der Waals surface area contributed by atoms with Crippen molar-refractivity contribution in [2.24, 2.45) is 0 Å². The average molecular weight is 564 g/mol. The Morgan fingerprint density at radius 2 is 1.15 bits per heavy atom. The van der Waals surface area contributed by atoms with Crippen LogP contribution < -0.4 is 0 Å². The van der Waals surface area contributed by atoms with Crippen molar-refractivity contribution in [2.45, 2.75) is 0 Å². The molecule has 0 radical (unpaired) electrons. The largest absolute Gasteiger partial charge is 0.456 e. The van der Waals surface area contributed by atoms with E-state index in [2.05, 4.69) is 142 Å². The first-order valence-electron chi connectivity index (χ1n) is 13.0. The van der Waals surface area contributed by atoms with Gasteiger partial charge >= 0.3 is 0 Å². The number of hydrogen-bond donors (Lipinski definition) is 0. The minimum absolute atomic E-state index is 0.907. The van der Waals surface area contributed by atoms with Crippen molar-refractivity contribution in [3.05, 3.63) is 138 Å². The molecular formula is C36H22BrNO. The average Bonchev–Trinajstić information content (AvgIpc) is 3.52. The van der Waals surface area contributed by atoms with Gasteiger partial charge in [0.05, 0.1) is 11.0 Å². The van der Waals surface area contributed by atoms with Crippen LogP contribution >= 0.6 is 15.9 Å². The van der Waals surface area contributed by atoms with Gasteiger partial charge in [-0.1, -0.05) is 101 Å². The molecule has 0 unspecified atom stereocenters. The standard InChI is InChI=1S/C36H22BrNO/c37-25-9-7-8-23(20-25)27-10-1-2-11-28(27)24-16-18-30-29-12-3-5-14-33(29)38(34(30)21-24)26-17-19-36-32(22-26)31-13-4-6-15-35(31)39-36/h1-22H. The quantitative estimate of drug-likeness (QED) is 0.209. The summed E-state index contributed by atoms with van der Waals surface area (Å²) in [5.74, 6) is 0. The van der Waals surface area contributed by atoms with E-state index >= 15 is 0 Å². The van der Waals surface area contributed by atoms with Crippen LogP contribution in [0.4, 0.5) is 0 Å². The maximum atomic E-state index is 6.13. The van der Waals surface area contributed by atoms with Crippen molar-refractivity contribution < 1.29 is 4.42 Å². The van der Waals surface area contributed by atoms with Crippen molar-refractivity contribution in [3.8, 4) is 27.9 Å². The summed E-state index contributed by atoms with van der Waals surface area (Å²) in [4.78, 5) is 0. The maximum absolute atomic E-state index is 6.13. The smallest absolute Gasteiger partial charge is 0.135 e. The third kappa shape index (κ3) is 3.54. The lowest BCUT2D eigenvalue weighted by Gasteiger charge is -2.12. The molecule has 6 aromatic carbocycles. The lowest BCUT2D eigenvalue weighted by atomic mass is 9.94. The highest BCUT2D eigenvalue weighted by atomic mass is 79.9. The van der Waals surface area contributed by atoms with Gasteiger partial charge in [0.1, 0.15) is 11.2 Å². The van der Waals surface area contributed by atoms with Gasteiger partial charge in [0.2, 0.25) is 0 Å². The third-order valence-corrected chi connectivity index (χ3v) is 8.16. The molecule has 184 valence electrons. The Labute approximate surface area is 233 Å². The van der Waals surface area contributed by atoms with Crippen LogP contribution in [0.5, 0.6) is 0 Å². The molecule has 2 nitrogen and oxygen atoms in total. The summed E-state index contributed by atoms with van der Waals surface area (Å²) in [6, 6.07) is 47.5. The second-order valence-corrected chi connectivity index (χ2v) is 10.8. The number of nitrogens with zero attached hydrogens (tertiary/aromatic N) is 1. The second kappa shape index (κ2) is 8.72. The topological polar surface area (TPSA) is 18.1 Å². The fourth-order valence-electron chi connectivity index (χ4n) is 5.91. The summed E-state index contributed by atoms with van der Waals surface area (Å²) in [7, 11) is 0. The molecule has 2 aromatic heterocycles. The second-order valence-electron chi connectivity index (χ2n) is 9.92. The van der Waals surface area contributed by atoms with E-state index in [1.54, 1.807) is 0 Å². The molecule has 0 saturated carbocycles. The minimum Gasteiger partial charge on any atom is -0.456 e. The molecule has 0 amide bonds. The Balaban J connectivity index is 1.40. The van der Waals surface area contributed by atoms with Gasteiger partial charge in [0, 0.05) is 31.7 Å². The Bertz CT molecular complexity index is 2200. The van der Waals surface area contributed by atoms with Gasteiger partial charge in [0.25, 0.3) is 0 Å². The van der Waals surface area contributed by atoms with Crippen molar-refractivity contribution in [1.82, 2.24) is 4.57 Å². The lowest BCUT2D eigenvalue weighted by molar-refractivity contribution is 0.669. The molecule has 8 rings (SSSR count). The van der Waals surface area contributed by atoms with E-state index in [1.165, 1.54) is 44.1 Å². The first kappa shape index (κ1) is 22.4. The summed E-state index contributed by atoms with van der Waals surface area (Å²) < 4.78 is 9.59. The zero-order valence-corrected chi connectivity index (χ0v) is 22.5. The molecule has 2 heterocycles. The number of furan rings is 1. The van der Waals surface area contributed by atoms with E-state index in [1.807, 2.05) is 12.1 Å². The van der Waals surface area contributed by atoms with Crippen LogP contribution in [0.15, 0.2) is 142 Å². The molecular weight excluding hydrogens is 542 g/mol. The fraction of sp³-hybridized carbons (Fsp3) is 0. The monoisotopic (exact) mass is 563 g/mol. The molecule has 3 heteroatoms. The highest BCUT2D eigenvalue weighted by molar-refractivity contribution is 9.10. The van der Waals surface area contributed by atoms with E-state index < -0.39 is 0 Å². The van der Waals surface area contributed by atoms with E-state index in [4.69, 9.17) is 4.42 Å². The van der Waals surface area contributed by atoms with Gasteiger partial charge in [-0.15, -0.1) is 0 Å². The summed E-state index contributed by atoms with van der Waals surface area (Å²) in [5, 5.41) is 4.76. The van der Waals surface area contributed by atoms with E-state index in [0.717, 1.165) is 32.1 Å². The van der Waals surface area contributed by atoms with E-state index in [0.29, 0.717) is 0 Å². The molecule has 0 fully saturated rings. The van der Waals surface area contributed by atoms with Gasteiger partial charge in [-0.2, -0.15) is 0 Å². The first-order valence-corrected chi connectivity index (χ1v) is 13.8. The zero-order chi connectivity index (χ0) is 25.9. The Morgan fingerprint density at radius 3 is 2.00 bits per heavy atom. The van der Waals surface area contributed by atoms with Gasteiger partial charge in [0.15, 0.2) is 0 Å². The van der Waals surface area contributed by atoms with Gasteiger partial charge in [-0.3, -0.25) is 0 Å². The first-order chi connectivity index (χ1) is 19.2. The van der Waals surface area contributed by atoms with Gasteiger partial charge in [-0.25, -0.2) is 0 Å². The number of halogens is 1. The highest BCUT2D eigenvalue weighted by Crippen LogP contribution is 2.39. The maximum Gasteiger partial charge on any atom is 0.135 e. The van der Waals surface area contributed by atoms with Crippen LogP contribution in [0.3, 0.4) is 0 Å². The van der Waals surface area contributed by atoms with Crippen molar-refractivity contribution >= 4 is 59.7 Å². The Morgan fingerprint density at radius 1 is 0.462 bits per heavy atom. The molecule has 0 N–H and O–H groups in total. The predicted molar refractivity (Wildman–Crippen MR) is 167 cm³/mol. The summed E-state index contributed by atoms with van der Waals surface area (Å²) in [6.45, 7) is 0. The molecule has 0 aliphatic rings. The highest BCUT2D eigenvalue weighted by Gasteiger charge is 2.16. The number of aromatic nitrogens is 1. The normalized spacial score (nSPS) is 11.7. The molecule has 0 bridgehead atoms. The predicted octanol–water partition coefficient (Wildman–Crippen LogP) is 10.8. The third-order valence-electron chi connectivity index (χ3n) is 7.67. The van der Waals surface area contributed by atoms with Crippen LogP contribution in [0, 0.1) is 0 Å². The van der Waals surface area contributed by atoms with E-state index in [-0.39, 0.29) is 0 Å². The number of benzene rings is 6. The summed E-state index contributed by atoms with van der Waals surface area (Å²) in [6.07, 6.45) is 0. The van der Waals surface area contributed by atoms with Gasteiger partial charge < -0.3 is 8.98 Å². The molecule has 0 saturated heterocycles. The van der Waals surface area contributed by atoms with Crippen LogP contribution in [-0.4, -0.2) is 4.57 Å². The zero-order valence-electron chi connectivity index (χ0n) is 20.9. The van der Waals surface area contributed by atoms with Crippen molar-refractivity contribution in [1.29, 1.82) is 0 Å². The number of para-hydroxylation sites is 2. The van der Waals surface area contributed by atoms with Crippen LogP contribution in [0.2, 0.25) is 0 Å². The SMILES string of the molecule is Brc1cccc(-c2ccccc2-c2ccc3c4ccccc4n(-c4ccc5oc6ccccc6c5c4)c3c2)c1. The Kier molecular flexibility index (Phi) is 5.01.